The number of carbonyl (C=O) groups excluding carboxylic acids is 5. The van der Waals surface area contributed by atoms with E-state index < -0.39 is 17.9 Å². The number of benzene rings is 4. The van der Waals surface area contributed by atoms with E-state index in [0.29, 0.717) is 39.8 Å². The molecule has 0 spiro atoms. The molecule has 4 aromatic rings. The van der Waals surface area contributed by atoms with Crippen LogP contribution in [-0.4, -0.2) is 67.9 Å². The van der Waals surface area contributed by atoms with E-state index in [-0.39, 0.29) is 56.9 Å². The molecule has 0 saturated carbocycles. The van der Waals surface area contributed by atoms with Gasteiger partial charge in [-0.1, -0.05) is 36.4 Å². The van der Waals surface area contributed by atoms with Crippen LogP contribution in [0, 0.1) is 0 Å². The van der Waals surface area contributed by atoms with Crippen molar-refractivity contribution in [1.29, 1.82) is 0 Å². The largest absolute Gasteiger partial charge is 0.493 e. The first-order chi connectivity index (χ1) is 26.2. The summed E-state index contributed by atoms with van der Waals surface area (Å²) in [6.45, 7) is -0.109. The van der Waals surface area contributed by atoms with Crippen LogP contribution in [0.2, 0.25) is 0 Å². The number of hydrogen-bond acceptors (Lipinski definition) is 9. The molecule has 0 aliphatic carbocycles. The zero-order valence-corrected chi connectivity index (χ0v) is 30.1. The molecular weight excluding hydrogens is 692 g/mol. The summed E-state index contributed by atoms with van der Waals surface area (Å²) in [4.78, 5) is 63.9. The van der Waals surface area contributed by atoms with Gasteiger partial charge in [0.15, 0.2) is 24.7 Å². The van der Waals surface area contributed by atoms with E-state index in [1.807, 2.05) is 48.5 Å². The van der Waals surface area contributed by atoms with E-state index in [4.69, 9.17) is 18.9 Å². The van der Waals surface area contributed by atoms with Gasteiger partial charge in [0.25, 0.3) is 17.7 Å². The summed E-state index contributed by atoms with van der Waals surface area (Å²) >= 11 is 0. The lowest BCUT2D eigenvalue weighted by Crippen LogP contribution is -2.52. The molecule has 2 aliphatic rings. The number of aryl methyl sites for hydroxylation is 2. The second-order valence-corrected chi connectivity index (χ2v) is 13.0. The number of piperidine rings is 1. The summed E-state index contributed by atoms with van der Waals surface area (Å²) in [6, 6.07) is 24.9. The van der Waals surface area contributed by atoms with Gasteiger partial charge >= 0.3 is 0 Å². The van der Waals surface area contributed by atoms with E-state index in [2.05, 4.69) is 16.0 Å². The number of fused-ring (bicyclic) bond motifs is 1. The maximum absolute atomic E-state index is 13.1. The minimum absolute atomic E-state index is 0.131. The van der Waals surface area contributed by atoms with Crippen LogP contribution in [0.25, 0.3) is 0 Å². The number of nitrogens with one attached hydrogen (secondary N) is 3. The maximum atomic E-state index is 13.1. The van der Waals surface area contributed by atoms with E-state index in [1.54, 1.807) is 50.6 Å². The third-order valence-electron chi connectivity index (χ3n) is 9.25. The lowest BCUT2D eigenvalue weighted by molar-refractivity contribution is -0.137. The van der Waals surface area contributed by atoms with E-state index >= 15 is 0 Å². The Morgan fingerprint density at radius 1 is 0.778 bits per heavy atom. The second-order valence-electron chi connectivity index (χ2n) is 13.0. The SMILES string of the molecule is COc1ccc(CCCc2cccc(OCC(=O)NCc3cccc(NC(=O)COc4cccc5c4CN(C4CCC(=O)NC4=O)C5=O)c3)c2)cc1OC. The Labute approximate surface area is 312 Å². The Hall–Kier alpha value is -6.37. The highest BCUT2D eigenvalue weighted by Gasteiger charge is 2.40. The molecule has 4 aromatic carbocycles. The van der Waals surface area contributed by atoms with Gasteiger partial charge in [-0.15, -0.1) is 0 Å². The van der Waals surface area contributed by atoms with Crippen LogP contribution >= 0.6 is 0 Å². The van der Waals surface area contributed by atoms with Crippen molar-refractivity contribution in [2.24, 2.45) is 0 Å². The van der Waals surface area contributed by atoms with Crippen molar-refractivity contribution in [3.63, 3.8) is 0 Å². The molecule has 1 unspecified atom stereocenters. The smallest absolute Gasteiger partial charge is 0.262 e. The predicted octanol–water partition coefficient (Wildman–Crippen LogP) is 4.35. The number of imide groups is 1. The van der Waals surface area contributed by atoms with Crippen LogP contribution in [-0.2, 0) is 45.1 Å². The number of nitrogens with zero attached hydrogens (tertiary/aromatic N) is 1. The summed E-state index contributed by atoms with van der Waals surface area (Å²) in [6.07, 6.45) is 3.05. The predicted molar refractivity (Wildman–Crippen MR) is 198 cm³/mol. The summed E-state index contributed by atoms with van der Waals surface area (Å²) in [5, 5.41) is 7.93. The summed E-state index contributed by atoms with van der Waals surface area (Å²) in [5.74, 6) is 0.494. The Kier molecular flexibility index (Phi) is 12.1. The zero-order chi connectivity index (χ0) is 38.0. The van der Waals surface area contributed by atoms with Gasteiger partial charge in [-0.25, -0.2) is 0 Å². The molecule has 1 fully saturated rings. The van der Waals surface area contributed by atoms with Gasteiger partial charge in [0, 0.05) is 29.8 Å². The van der Waals surface area contributed by atoms with Crippen molar-refractivity contribution in [2.45, 2.75) is 51.2 Å². The Bertz CT molecular complexity index is 2050. The number of rotatable bonds is 16. The highest BCUT2D eigenvalue weighted by atomic mass is 16.5. The fourth-order valence-corrected chi connectivity index (χ4v) is 6.52. The molecule has 3 N–H and O–H groups in total. The van der Waals surface area contributed by atoms with E-state index in [0.717, 1.165) is 36.0 Å². The standard InChI is InChI=1S/C41H42N4O9/c1-51-35-17-15-27(21-36(35)52-2)8-3-7-26-9-5-12-30(20-26)53-24-38(47)42-22-28-10-4-11-29(19-28)43-39(48)25-54-34-14-6-13-31-32(34)23-45(41(31)50)33-16-18-37(46)44-40(33)49/h4-6,9-15,17,19-21,33H,3,7-8,16,18,22-25H2,1-2H3,(H,42,47)(H,43,48)(H,44,46,49). The molecule has 13 nitrogen and oxygen atoms in total. The van der Waals surface area contributed by atoms with Gasteiger partial charge in [0.2, 0.25) is 11.8 Å². The van der Waals surface area contributed by atoms with Gasteiger partial charge in [-0.05, 0) is 90.9 Å². The highest BCUT2D eigenvalue weighted by molar-refractivity contribution is 6.05. The fraction of sp³-hybridized carbons (Fsp3) is 0.293. The van der Waals surface area contributed by atoms with Crippen molar-refractivity contribution in [3.05, 3.63) is 113 Å². The maximum Gasteiger partial charge on any atom is 0.262 e. The second kappa shape index (κ2) is 17.4. The van der Waals surface area contributed by atoms with E-state index in [9.17, 15) is 24.0 Å². The highest BCUT2D eigenvalue weighted by Crippen LogP contribution is 2.34. The van der Waals surface area contributed by atoms with Crippen molar-refractivity contribution in [2.75, 3.05) is 32.8 Å². The Morgan fingerprint density at radius 3 is 2.31 bits per heavy atom. The monoisotopic (exact) mass is 734 g/mol. The van der Waals surface area contributed by atoms with Crippen molar-refractivity contribution in [3.8, 4) is 23.0 Å². The third kappa shape index (κ3) is 9.34. The van der Waals surface area contributed by atoms with Gasteiger partial charge in [0.05, 0.1) is 20.8 Å². The molecule has 0 bridgehead atoms. The number of ether oxygens (including phenoxy) is 4. The van der Waals surface area contributed by atoms with Crippen molar-refractivity contribution >= 4 is 35.2 Å². The molecule has 0 radical (unpaired) electrons. The molecule has 54 heavy (non-hydrogen) atoms. The molecule has 1 saturated heterocycles. The fourth-order valence-electron chi connectivity index (χ4n) is 6.52. The topological polar surface area (TPSA) is 162 Å². The van der Waals surface area contributed by atoms with Crippen LogP contribution in [0.1, 0.15) is 51.9 Å². The minimum Gasteiger partial charge on any atom is -0.493 e. The van der Waals surface area contributed by atoms with Crippen LogP contribution < -0.4 is 34.9 Å². The molecule has 2 heterocycles. The lowest BCUT2D eigenvalue weighted by atomic mass is 10.0. The van der Waals surface area contributed by atoms with Crippen molar-refractivity contribution < 1.29 is 42.9 Å². The number of carbonyl (C=O) groups is 5. The van der Waals surface area contributed by atoms with Crippen molar-refractivity contribution in [1.82, 2.24) is 15.5 Å². The number of methoxy groups -OCH3 is 2. The molecule has 280 valence electrons. The zero-order valence-electron chi connectivity index (χ0n) is 30.1. The molecule has 6 rings (SSSR count). The molecular formula is C41H42N4O9. The molecule has 13 heteroatoms. The summed E-state index contributed by atoms with van der Waals surface area (Å²) in [5.41, 5.74) is 4.53. The summed E-state index contributed by atoms with van der Waals surface area (Å²) in [7, 11) is 3.24. The van der Waals surface area contributed by atoms with Gasteiger partial charge < -0.3 is 34.5 Å². The average Bonchev–Trinajstić information content (AvgIpc) is 3.51. The van der Waals surface area contributed by atoms with Crippen LogP contribution in [0.15, 0.2) is 84.9 Å². The third-order valence-corrected chi connectivity index (χ3v) is 9.25. The number of anilines is 1. The van der Waals surface area contributed by atoms with Gasteiger partial charge in [-0.3, -0.25) is 29.3 Å². The van der Waals surface area contributed by atoms with Gasteiger partial charge in [-0.2, -0.15) is 0 Å². The molecule has 5 amide bonds. The van der Waals surface area contributed by atoms with Gasteiger partial charge in [0.1, 0.15) is 17.5 Å². The molecule has 0 aromatic heterocycles. The van der Waals surface area contributed by atoms with Crippen LogP contribution in [0.4, 0.5) is 5.69 Å². The molecule has 1 atom stereocenters. The Balaban J connectivity index is 0.929. The quantitative estimate of drug-likeness (QED) is 0.142. The number of amides is 5. The number of hydrogen-bond donors (Lipinski definition) is 3. The normalized spacial score (nSPS) is 14.9. The molecule has 2 aliphatic heterocycles. The van der Waals surface area contributed by atoms with E-state index in [1.165, 1.54) is 4.90 Å². The lowest BCUT2D eigenvalue weighted by Gasteiger charge is -2.29. The minimum atomic E-state index is -0.751. The first-order valence-electron chi connectivity index (χ1n) is 17.7. The van der Waals surface area contributed by atoms with Crippen LogP contribution in [0.3, 0.4) is 0 Å². The average molecular weight is 735 g/mol. The first kappa shape index (κ1) is 37.4. The first-order valence-corrected chi connectivity index (χ1v) is 17.7. The van der Waals surface area contributed by atoms with Crippen LogP contribution in [0.5, 0.6) is 23.0 Å². The Morgan fingerprint density at radius 2 is 1.52 bits per heavy atom. The summed E-state index contributed by atoms with van der Waals surface area (Å²) < 4.78 is 22.3.